The average Bonchev–Trinajstić information content (AvgIpc) is 2.63. The summed E-state index contributed by atoms with van der Waals surface area (Å²) in [6.07, 6.45) is 0. The molecular formula is C19H20N2O3. The smallest absolute Gasteiger partial charge is 0.253 e. The molecule has 0 spiro atoms. The lowest BCUT2D eigenvalue weighted by atomic mass is 9.89. The molecule has 1 aliphatic heterocycles. The minimum absolute atomic E-state index is 0.0231. The van der Waals surface area contributed by atoms with E-state index in [-0.39, 0.29) is 24.3 Å². The molecule has 1 atom stereocenters. The van der Waals surface area contributed by atoms with Crippen molar-refractivity contribution in [1.82, 2.24) is 10.2 Å². The summed E-state index contributed by atoms with van der Waals surface area (Å²) in [6, 6.07) is 14.7. The summed E-state index contributed by atoms with van der Waals surface area (Å²) < 4.78 is 0. The van der Waals surface area contributed by atoms with E-state index < -0.39 is 0 Å². The Morgan fingerprint density at radius 3 is 2.75 bits per heavy atom. The molecule has 0 aromatic heterocycles. The molecule has 3 rings (SSSR count). The highest BCUT2D eigenvalue weighted by Crippen LogP contribution is 2.27. The molecule has 0 saturated heterocycles. The van der Waals surface area contributed by atoms with Crippen LogP contribution in [0.4, 0.5) is 0 Å². The first-order chi connectivity index (χ1) is 11.6. The molecule has 2 amide bonds. The highest BCUT2D eigenvalue weighted by atomic mass is 16.3. The maximum absolute atomic E-state index is 12.6. The number of aliphatic hydroxyl groups excluding tert-OH is 1. The number of amides is 2. The number of fused-ring (bicyclic) bond motifs is 1. The van der Waals surface area contributed by atoms with Crippen molar-refractivity contribution in [3.63, 3.8) is 0 Å². The fourth-order valence-corrected chi connectivity index (χ4v) is 3.03. The van der Waals surface area contributed by atoms with Crippen molar-refractivity contribution in [2.45, 2.75) is 19.1 Å². The van der Waals surface area contributed by atoms with E-state index in [0.29, 0.717) is 18.7 Å². The zero-order chi connectivity index (χ0) is 17.1. The van der Waals surface area contributed by atoms with Crippen LogP contribution in [-0.4, -0.2) is 35.4 Å². The van der Waals surface area contributed by atoms with E-state index in [9.17, 15) is 14.7 Å². The lowest BCUT2D eigenvalue weighted by molar-refractivity contribution is -0.123. The fraction of sp³-hybridized carbons (Fsp3) is 0.263. The highest BCUT2D eigenvalue weighted by Gasteiger charge is 2.33. The molecule has 1 heterocycles. The number of benzene rings is 2. The number of carbonyl (C=O) groups excluding carboxylic acids is 2. The molecule has 0 aliphatic carbocycles. The van der Waals surface area contributed by atoms with E-state index in [4.69, 9.17) is 0 Å². The van der Waals surface area contributed by atoms with Gasteiger partial charge >= 0.3 is 0 Å². The van der Waals surface area contributed by atoms with Gasteiger partial charge in [-0.05, 0) is 22.8 Å². The summed E-state index contributed by atoms with van der Waals surface area (Å²) in [5.41, 5.74) is 3.12. The summed E-state index contributed by atoms with van der Waals surface area (Å²) in [5, 5.41) is 12.1. The van der Waals surface area contributed by atoms with Crippen LogP contribution in [0.3, 0.4) is 0 Å². The van der Waals surface area contributed by atoms with Gasteiger partial charge in [-0.1, -0.05) is 42.5 Å². The second-order valence-corrected chi connectivity index (χ2v) is 6.02. The Kier molecular flexibility index (Phi) is 4.62. The molecule has 0 saturated carbocycles. The van der Waals surface area contributed by atoms with Crippen LogP contribution in [-0.2, 0) is 17.9 Å². The predicted octanol–water partition coefficient (Wildman–Crippen LogP) is 1.66. The van der Waals surface area contributed by atoms with E-state index in [1.807, 2.05) is 42.5 Å². The number of hydrogen-bond donors (Lipinski definition) is 2. The lowest BCUT2D eigenvalue weighted by Crippen LogP contribution is -2.43. The van der Waals surface area contributed by atoms with Crippen LogP contribution >= 0.6 is 0 Å². The Hall–Kier alpha value is -2.66. The maximum atomic E-state index is 12.6. The molecule has 1 aliphatic rings. The Labute approximate surface area is 140 Å². The van der Waals surface area contributed by atoms with E-state index in [1.54, 1.807) is 18.0 Å². The average molecular weight is 324 g/mol. The van der Waals surface area contributed by atoms with Gasteiger partial charge in [0.2, 0.25) is 5.91 Å². The highest BCUT2D eigenvalue weighted by molar-refractivity contribution is 6.00. The third-order valence-corrected chi connectivity index (χ3v) is 4.33. The Balaban J connectivity index is 1.75. The van der Waals surface area contributed by atoms with Crippen molar-refractivity contribution in [1.29, 1.82) is 0 Å². The Bertz CT molecular complexity index is 773. The molecule has 24 heavy (non-hydrogen) atoms. The zero-order valence-electron chi connectivity index (χ0n) is 13.5. The molecule has 1 unspecified atom stereocenters. The molecule has 0 bridgehead atoms. The number of carbonyl (C=O) groups is 2. The number of nitrogens with zero attached hydrogens (tertiary/aromatic N) is 1. The van der Waals surface area contributed by atoms with Crippen molar-refractivity contribution in [3.05, 3.63) is 70.8 Å². The van der Waals surface area contributed by atoms with Gasteiger partial charge in [-0.15, -0.1) is 0 Å². The first-order valence-corrected chi connectivity index (χ1v) is 7.91. The number of aliphatic hydroxyl groups is 1. The van der Waals surface area contributed by atoms with Crippen LogP contribution in [0, 0.1) is 0 Å². The van der Waals surface area contributed by atoms with Crippen LogP contribution in [0.15, 0.2) is 48.5 Å². The minimum atomic E-state index is -0.370. The fourth-order valence-electron chi connectivity index (χ4n) is 3.03. The number of rotatable bonds is 4. The van der Waals surface area contributed by atoms with Gasteiger partial charge in [0.25, 0.3) is 5.91 Å². The summed E-state index contributed by atoms with van der Waals surface area (Å²) >= 11 is 0. The van der Waals surface area contributed by atoms with Gasteiger partial charge in [-0.2, -0.15) is 0 Å². The van der Waals surface area contributed by atoms with E-state index in [2.05, 4.69) is 5.32 Å². The summed E-state index contributed by atoms with van der Waals surface area (Å²) in [7, 11) is 1.71. The van der Waals surface area contributed by atoms with Crippen LogP contribution < -0.4 is 5.32 Å². The van der Waals surface area contributed by atoms with Gasteiger partial charge in [0, 0.05) is 25.7 Å². The monoisotopic (exact) mass is 324 g/mol. The third kappa shape index (κ3) is 3.16. The predicted molar refractivity (Wildman–Crippen MR) is 90.4 cm³/mol. The van der Waals surface area contributed by atoms with Crippen LogP contribution in [0.2, 0.25) is 0 Å². The molecule has 2 N–H and O–H groups in total. The van der Waals surface area contributed by atoms with Gasteiger partial charge in [0.15, 0.2) is 0 Å². The van der Waals surface area contributed by atoms with E-state index in [1.165, 1.54) is 0 Å². The van der Waals surface area contributed by atoms with E-state index >= 15 is 0 Å². The van der Waals surface area contributed by atoms with Gasteiger partial charge in [-0.25, -0.2) is 0 Å². The molecule has 5 nitrogen and oxygen atoms in total. The second-order valence-electron chi connectivity index (χ2n) is 6.02. The van der Waals surface area contributed by atoms with Crippen molar-refractivity contribution in [2.24, 2.45) is 0 Å². The van der Waals surface area contributed by atoms with Crippen molar-refractivity contribution < 1.29 is 14.7 Å². The van der Waals surface area contributed by atoms with Gasteiger partial charge in [0.1, 0.15) is 0 Å². The molecular weight excluding hydrogens is 304 g/mol. The van der Waals surface area contributed by atoms with Crippen LogP contribution in [0.1, 0.15) is 33.0 Å². The Morgan fingerprint density at radius 2 is 1.96 bits per heavy atom. The second kappa shape index (κ2) is 6.84. The SMILES string of the molecule is CN1CC(C(=O)NCc2cccc(CO)c2)c2ccccc2C1=O. The standard InChI is InChI=1S/C19H20N2O3/c1-21-11-17(15-7-2-3-8-16(15)19(21)24)18(23)20-10-13-5-4-6-14(9-13)12-22/h2-9,17,22H,10-12H2,1H3,(H,20,23). The molecule has 2 aromatic rings. The summed E-state index contributed by atoms with van der Waals surface area (Å²) in [5.74, 6) is -0.522. The third-order valence-electron chi connectivity index (χ3n) is 4.33. The summed E-state index contributed by atoms with van der Waals surface area (Å²) in [6.45, 7) is 0.742. The normalized spacial score (nSPS) is 16.7. The number of hydrogen-bond acceptors (Lipinski definition) is 3. The largest absolute Gasteiger partial charge is 0.392 e. The van der Waals surface area contributed by atoms with E-state index in [0.717, 1.165) is 16.7 Å². The van der Waals surface area contributed by atoms with Crippen LogP contribution in [0.25, 0.3) is 0 Å². The maximum Gasteiger partial charge on any atom is 0.253 e. The van der Waals surface area contributed by atoms with Gasteiger partial charge in [0.05, 0.1) is 12.5 Å². The summed E-state index contributed by atoms with van der Waals surface area (Å²) in [4.78, 5) is 26.4. The molecule has 2 aromatic carbocycles. The number of nitrogens with one attached hydrogen (secondary N) is 1. The van der Waals surface area contributed by atoms with Gasteiger partial charge in [-0.3, -0.25) is 9.59 Å². The topological polar surface area (TPSA) is 69.6 Å². The Morgan fingerprint density at radius 1 is 1.21 bits per heavy atom. The molecule has 124 valence electrons. The minimum Gasteiger partial charge on any atom is -0.392 e. The molecule has 5 heteroatoms. The van der Waals surface area contributed by atoms with Crippen molar-refractivity contribution in [2.75, 3.05) is 13.6 Å². The zero-order valence-corrected chi connectivity index (χ0v) is 13.5. The van der Waals surface area contributed by atoms with Crippen molar-refractivity contribution >= 4 is 11.8 Å². The first kappa shape index (κ1) is 16.2. The van der Waals surface area contributed by atoms with Gasteiger partial charge < -0.3 is 15.3 Å². The quantitative estimate of drug-likeness (QED) is 0.899. The van der Waals surface area contributed by atoms with Crippen molar-refractivity contribution in [3.8, 4) is 0 Å². The molecule has 0 fully saturated rings. The first-order valence-electron chi connectivity index (χ1n) is 7.91. The number of likely N-dealkylation sites (N-methyl/N-ethyl adjacent to an activating group) is 1. The molecule has 0 radical (unpaired) electrons. The van der Waals surface area contributed by atoms with Crippen LogP contribution in [0.5, 0.6) is 0 Å². The lowest BCUT2D eigenvalue weighted by Gasteiger charge is -2.31.